The molecule has 0 radical (unpaired) electrons. The first-order valence-corrected chi connectivity index (χ1v) is 13.8. The molecule has 8 heteroatoms. The van der Waals surface area contributed by atoms with Gasteiger partial charge in [0.05, 0.1) is 0 Å². The molecule has 1 aliphatic rings. The van der Waals surface area contributed by atoms with Crippen molar-refractivity contribution in [3.63, 3.8) is 0 Å². The van der Waals surface area contributed by atoms with Gasteiger partial charge in [0.25, 0.3) is 0 Å². The molecule has 3 amide bonds. The number of nitrogens with zero attached hydrogens (tertiary/aromatic N) is 1. The number of likely N-dealkylation sites (tertiary alicyclic amines) is 1. The number of carbonyl (C=O) groups excluding carboxylic acids is 2. The van der Waals surface area contributed by atoms with Crippen molar-refractivity contribution in [3.05, 3.63) is 90.5 Å². The van der Waals surface area contributed by atoms with Crippen molar-refractivity contribution in [1.82, 2.24) is 15.5 Å². The summed E-state index contributed by atoms with van der Waals surface area (Å²) in [5.41, 5.74) is 1.80. The van der Waals surface area contributed by atoms with Gasteiger partial charge in [0.1, 0.15) is 17.5 Å². The number of hydrogen-bond donors (Lipinski definition) is 3. The standard InChI is InChI=1S/C29H34N4O3S/c34-28(30-17-20-33-18-7-8-19-33)27(22-37-21-23-9-3-1-4-10-23)32-29(35)31-24-13-15-26(16-14-24)36-25-11-5-2-6-12-25/h1-6,9-16,27H,7-8,17-22H2,(H,30,34)(H2,31,32,35). The highest BCUT2D eigenvalue weighted by Gasteiger charge is 2.21. The van der Waals surface area contributed by atoms with Gasteiger partial charge in [-0.15, -0.1) is 0 Å². The van der Waals surface area contributed by atoms with Crippen LogP contribution in [0.15, 0.2) is 84.9 Å². The van der Waals surface area contributed by atoms with Crippen molar-refractivity contribution in [2.75, 3.05) is 37.2 Å². The highest BCUT2D eigenvalue weighted by atomic mass is 32.2. The van der Waals surface area contributed by atoms with Crippen LogP contribution in [0.2, 0.25) is 0 Å². The maximum Gasteiger partial charge on any atom is 0.319 e. The van der Waals surface area contributed by atoms with E-state index in [1.165, 1.54) is 18.4 Å². The number of ether oxygens (including phenoxy) is 1. The van der Waals surface area contributed by atoms with Crippen LogP contribution in [-0.4, -0.2) is 54.8 Å². The molecule has 3 aromatic carbocycles. The van der Waals surface area contributed by atoms with Crippen LogP contribution in [0, 0.1) is 0 Å². The Kier molecular flexibility index (Phi) is 10.3. The summed E-state index contributed by atoms with van der Waals surface area (Å²) in [4.78, 5) is 28.1. The van der Waals surface area contributed by atoms with Crippen LogP contribution in [0.5, 0.6) is 11.5 Å². The number of hydrogen-bond acceptors (Lipinski definition) is 5. The van der Waals surface area contributed by atoms with Crippen molar-refractivity contribution in [2.24, 2.45) is 0 Å². The van der Waals surface area contributed by atoms with Gasteiger partial charge in [-0.25, -0.2) is 4.79 Å². The number of urea groups is 1. The van der Waals surface area contributed by atoms with Crippen LogP contribution < -0.4 is 20.7 Å². The van der Waals surface area contributed by atoms with Gasteiger partial charge in [0.2, 0.25) is 5.91 Å². The molecule has 7 nitrogen and oxygen atoms in total. The fourth-order valence-electron chi connectivity index (χ4n) is 4.07. The number of rotatable bonds is 12. The monoisotopic (exact) mass is 518 g/mol. The number of para-hydroxylation sites is 1. The molecule has 0 aromatic heterocycles. The third-order valence-corrected chi connectivity index (χ3v) is 7.14. The lowest BCUT2D eigenvalue weighted by Crippen LogP contribution is -2.50. The van der Waals surface area contributed by atoms with Crippen LogP contribution in [-0.2, 0) is 10.5 Å². The average molecular weight is 519 g/mol. The maximum absolute atomic E-state index is 13.0. The van der Waals surface area contributed by atoms with E-state index in [2.05, 4.69) is 33.0 Å². The average Bonchev–Trinajstić information content (AvgIpc) is 3.44. The zero-order valence-electron chi connectivity index (χ0n) is 20.9. The summed E-state index contributed by atoms with van der Waals surface area (Å²) in [7, 11) is 0. The zero-order valence-corrected chi connectivity index (χ0v) is 21.7. The third-order valence-electron chi connectivity index (χ3n) is 6.03. The zero-order chi connectivity index (χ0) is 25.7. The molecule has 1 atom stereocenters. The topological polar surface area (TPSA) is 82.7 Å². The van der Waals surface area contributed by atoms with Gasteiger partial charge < -0.3 is 25.6 Å². The molecule has 194 valence electrons. The minimum Gasteiger partial charge on any atom is -0.457 e. The minimum atomic E-state index is -0.645. The molecule has 1 aliphatic heterocycles. The van der Waals surface area contributed by atoms with Crippen molar-refractivity contribution < 1.29 is 14.3 Å². The molecule has 4 rings (SSSR count). The number of thioether (sulfide) groups is 1. The van der Waals surface area contributed by atoms with Gasteiger partial charge in [-0.1, -0.05) is 48.5 Å². The van der Waals surface area contributed by atoms with Crippen molar-refractivity contribution in [3.8, 4) is 11.5 Å². The van der Waals surface area contributed by atoms with Gasteiger partial charge >= 0.3 is 6.03 Å². The number of benzene rings is 3. The summed E-state index contributed by atoms with van der Waals surface area (Å²) in [6.45, 7) is 3.58. The van der Waals surface area contributed by atoms with E-state index < -0.39 is 12.1 Å². The Morgan fingerprint density at radius 2 is 1.51 bits per heavy atom. The Balaban J connectivity index is 1.29. The van der Waals surface area contributed by atoms with E-state index in [4.69, 9.17) is 4.74 Å². The van der Waals surface area contributed by atoms with Gasteiger partial charge in [-0.3, -0.25) is 4.79 Å². The lowest BCUT2D eigenvalue weighted by molar-refractivity contribution is -0.122. The van der Waals surface area contributed by atoms with Crippen LogP contribution >= 0.6 is 11.8 Å². The second-order valence-corrected chi connectivity index (χ2v) is 9.96. The van der Waals surface area contributed by atoms with Gasteiger partial charge in [0.15, 0.2) is 0 Å². The normalized spacial score (nSPS) is 14.1. The largest absolute Gasteiger partial charge is 0.457 e. The van der Waals surface area contributed by atoms with Crippen LogP contribution in [0.1, 0.15) is 18.4 Å². The second-order valence-electron chi connectivity index (χ2n) is 8.93. The van der Waals surface area contributed by atoms with E-state index in [0.29, 0.717) is 23.7 Å². The number of nitrogens with one attached hydrogen (secondary N) is 3. The molecular weight excluding hydrogens is 484 g/mol. The Morgan fingerprint density at radius 1 is 0.865 bits per heavy atom. The van der Waals surface area contributed by atoms with Crippen LogP contribution in [0.3, 0.4) is 0 Å². The number of carbonyl (C=O) groups is 2. The van der Waals surface area contributed by atoms with E-state index in [1.807, 2.05) is 48.5 Å². The number of anilines is 1. The van der Waals surface area contributed by atoms with Gasteiger partial charge in [0, 0.05) is 30.3 Å². The Labute approximate surface area is 223 Å². The fourth-order valence-corrected chi connectivity index (χ4v) is 5.09. The highest BCUT2D eigenvalue weighted by Crippen LogP contribution is 2.22. The second kappa shape index (κ2) is 14.3. The Morgan fingerprint density at radius 3 is 2.22 bits per heavy atom. The Hall–Kier alpha value is -3.49. The van der Waals surface area contributed by atoms with Crippen molar-refractivity contribution >= 4 is 29.4 Å². The summed E-state index contributed by atoms with van der Waals surface area (Å²) in [5.74, 6) is 2.49. The summed E-state index contributed by atoms with van der Waals surface area (Å²) in [6.07, 6.45) is 2.43. The minimum absolute atomic E-state index is 0.165. The molecular formula is C29H34N4O3S. The lowest BCUT2D eigenvalue weighted by atomic mass is 10.2. The summed E-state index contributed by atoms with van der Waals surface area (Å²) in [6, 6.07) is 25.7. The van der Waals surface area contributed by atoms with E-state index in [9.17, 15) is 9.59 Å². The first-order chi connectivity index (χ1) is 18.2. The molecule has 1 unspecified atom stereocenters. The maximum atomic E-state index is 13.0. The Bertz CT molecular complexity index is 1110. The molecule has 0 aliphatic carbocycles. The van der Waals surface area contributed by atoms with E-state index in [0.717, 1.165) is 31.1 Å². The summed E-state index contributed by atoms with van der Waals surface area (Å²) in [5, 5.41) is 8.69. The summed E-state index contributed by atoms with van der Waals surface area (Å²) >= 11 is 1.62. The van der Waals surface area contributed by atoms with Crippen LogP contribution in [0.25, 0.3) is 0 Å². The van der Waals surface area contributed by atoms with Crippen molar-refractivity contribution in [2.45, 2.75) is 24.6 Å². The van der Waals surface area contributed by atoms with Crippen LogP contribution in [0.4, 0.5) is 10.5 Å². The molecule has 3 aromatic rings. The molecule has 0 saturated carbocycles. The highest BCUT2D eigenvalue weighted by molar-refractivity contribution is 7.98. The lowest BCUT2D eigenvalue weighted by Gasteiger charge is -2.20. The molecule has 1 saturated heterocycles. The number of amides is 3. The molecule has 0 bridgehead atoms. The molecule has 1 fully saturated rings. The van der Waals surface area contributed by atoms with Crippen molar-refractivity contribution in [1.29, 1.82) is 0 Å². The fraction of sp³-hybridized carbons (Fsp3) is 0.310. The predicted octanol–water partition coefficient (Wildman–Crippen LogP) is 5.11. The first-order valence-electron chi connectivity index (χ1n) is 12.7. The predicted molar refractivity (Wildman–Crippen MR) is 150 cm³/mol. The molecule has 0 spiro atoms. The molecule has 3 N–H and O–H groups in total. The quantitative estimate of drug-likeness (QED) is 0.310. The summed E-state index contributed by atoms with van der Waals surface area (Å²) < 4.78 is 5.80. The van der Waals surface area contributed by atoms with Gasteiger partial charge in [-0.05, 0) is 67.9 Å². The van der Waals surface area contributed by atoms with E-state index >= 15 is 0 Å². The SMILES string of the molecule is O=C(Nc1ccc(Oc2ccccc2)cc1)NC(CSCc1ccccc1)C(=O)NCCN1CCCC1. The third kappa shape index (κ3) is 9.15. The van der Waals surface area contributed by atoms with E-state index in [-0.39, 0.29) is 5.91 Å². The van der Waals surface area contributed by atoms with E-state index in [1.54, 1.807) is 36.0 Å². The molecule has 37 heavy (non-hydrogen) atoms. The smallest absolute Gasteiger partial charge is 0.319 e. The first kappa shape index (κ1) is 26.6. The van der Waals surface area contributed by atoms with Gasteiger partial charge in [-0.2, -0.15) is 11.8 Å². The molecule has 1 heterocycles.